The predicted octanol–water partition coefficient (Wildman–Crippen LogP) is 15.6. The molecule has 2 aliphatic rings. The molecule has 11 aromatic rings. The number of anilines is 3. The zero-order valence-electron chi connectivity index (χ0n) is 33.3. The summed E-state index contributed by atoms with van der Waals surface area (Å²) < 4.78 is 4.83. The van der Waals surface area contributed by atoms with Crippen LogP contribution in [0, 0.1) is 0 Å². The Morgan fingerprint density at radius 2 is 0.770 bits per heavy atom. The summed E-state index contributed by atoms with van der Waals surface area (Å²) in [6, 6.07) is 77.6. The molecule has 0 atom stereocenters. The van der Waals surface area contributed by atoms with Crippen molar-refractivity contribution < 1.29 is 0 Å². The Kier molecular flexibility index (Phi) is 7.16. The van der Waals surface area contributed by atoms with Crippen molar-refractivity contribution in [1.82, 2.24) is 9.13 Å². The second kappa shape index (κ2) is 12.9. The second-order valence-corrected chi connectivity index (χ2v) is 16.1. The SMILES string of the molecule is C=C1c2c3cccc2-c2c(c4ccccc4n2-c2ccccc2)N(c2ccc(-c4ccc(-n5c6ccccc6c6ccccc65)cc4)cc2)c2cccc(c21)-c1ccccc1-3. The zero-order chi connectivity index (χ0) is 40.2. The number of aromatic nitrogens is 2. The van der Waals surface area contributed by atoms with Crippen LogP contribution in [0.4, 0.5) is 17.1 Å². The molecule has 1 aliphatic heterocycles. The Bertz CT molecular complexity index is 3530. The Morgan fingerprint density at radius 1 is 0.311 bits per heavy atom. The predicted molar refractivity (Wildman–Crippen MR) is 256 cm³/mol. The molecule has 0 fully saturated rings. The maximum Gasteiger partial charge on any atom is 0.0803 e. The van der Waals surface area contributed by atoms with Crippen LogP contribution in [0.5, 0.6) is 0 Å². The first-order chi connectivity index (χ1) is 30.2. The highest BCUT2D eigenvalue weighted by Crippen LogP contribution is 2.58. The summed E-state index contributed by atoms with van der Waals surface area (Å²) in [4.78, 5) is 2.50. The van der Waals surface area contributed by atoms with Gasteiger partial charge in [0.2, 0.25) is 0 Å². The van der Waals surface area contributed by atoms with Crippen molar-refractivity contribution in [3.05, 3.63) is 230 Å². The van der Waals surface area contributed by atoms with Crippen LogP contribution < -0.4 is 4.90 Å². The molecule has 9 aromatic carbocycles. The molecule has 0 radical (unpaired) electrons. The van der Waals surface area contributed by atoms with Crippen LogP contribution in [0.15, 0.2) is 219 Å². The average Bonchev–Trinajstić information content (AvgIpc) is 3.81. The van der Waals surface area contributed by atoms with Gasteiger partial charge in [0, 0.05) is 44.3 Å². The van der Waals surface area contributed by atoms with Crippen molar-refractivity contribution in [2.75, 3.05) is 4.90 Å². The molecule has 284 valence electrons. The third kappa shape index (κ3) is 4.80. The van der Waals surface area contributed by atoms with Gasteiger partial charge < -0.3 is 14.0 Å². The molecule has 1 aliphatic carbocycles. The molecular weight excluding hydrogens is 739 g/mol. The van der Waals surface area contributed by atoms with Crippen molar-refractivity contribution in [3.8, 4) is 56.0 Å². The number of fused-ring (bicyclic) bond motifs is 7. The Morgan fingerprint density at radius 3 is 1.41 bits per heavy atom. The van der Waals surface area contributed by atoms with E-state index in [2.05, 4.69) is 226 Å². The third-order valence-corrected chi connectivity index (χ3v) is 13.0. The zero-order valence-corrected chi connectivity index (χ0v) is 33.3. The normalized spacial score (nSPS) is 12.6. The summed E-state index contributed by atoms with van der Waals surface area (Å²) >= 11 is 0. The van der Waals surface area contributed by atoms with Crippen LogP contribution in [-0.4, -0.2) is 9.13 Å². The summed E-state index contributed by atoms with van der Waals surface area (Å²) in [5.74, 6) is 0. The van der Waals surface area contributed by atoms with Gasteiger partial charge in [-0.25, -0.2) is 0 Å². The van der Waals surface area contributed by atoms with Gasteiger partial charge in [0.15, 0.2) is 0 Å². The fraction of sp³-hybridized carbons (Fsp3) is 0. The Labute approximate surface area is 354 Å². The molecule has 61 heavy (non-hydrogen) atoms. The number of nitrogens with zero attached hydrogens (tertiary/aromatic N) is 3. The van der Waals surface area contributed by atoms with Crippen molar-refractivity contribution >= 4 is 55.3 Å². The molecule has 0 saturated carbocycles. The highest BCUT2D eigenvalue weighted by molar-refractivity contribution is 6.16. The average molecular weight is 776 g/mol. The van der Waals surface area contributed by atoms with Gasteiger partial charge in [0.1, 0.15) is 0 Å². The number of benzene rings is 9. The smallest absolute Gasteiger partial charge is 0.0803 e. The van der Waals surface area contributed by atoms with Crippen LogP contribution >= 0.6 is 0 Å². The Balaban J connectivity index is 1.04. The van der Waals surface area contributed by atoms with E-state index in [4.69, 9.17) is 6.58 Å². The van der Waals surface area contributed by atoms with Crippen molar-refractivity contribution in [1.29, 1.82) is 0 Å². The van der Waals surface area contributed by atoms with E-state index in [0.717, 1.165) is 56.3 Å². The second-order valence-electron chi connectivity index (χ2n) is 16.1. The molecule has 0 saturated heterocycles. The molecule has 3 nitrogen and oxygen atoms in total. The molecule has 6 bridgehead atoms. The van der Waals surface area contributed by atoms with Crippen LogP contribution in [0.25, 0.3) is 94.3 Å². The lowest BCUT2D eigenvalue weighted by atomic mass is 9.86. The van der Waals surface area contributed by atoms with E-state index >= 15 is 0 Å². The maximum atomic E-state index is 4.98. The standard InChI is InChI=1S/C58H37N3/c1-37-55-47-22-13-24-50(55)58-57(49-21-9-12-27-53(49)60(58)40-15-3-2-4-16-40)61(54-28-14-23-48(56(37)54)44-18-6-5-17-43(44)47)42-35-31-39(32-36-42)38-29-33-41(34-30-38)59-51-25-10-7-19-45(51)46-20-8-11-26-52(46)59/h2-36H,1H2. The third-order valence-electron chi connectivity index (χ3n) is 13.0. The van der Waals surface area contributed by atoms with E-state index in [0.29, 0.717) is 0 Å². The van der Waals surface area contributed by atoms with Gasteiger partial charge in [-0.15, -0.1) is 0 Å². The first-order valence-electron chi connectivity index (χ1n) is 21.0. The van der Waals surface area contributed by atoms with Gasteiger partial charge in [-0.2, -0.15) is 0 Å². The van der Waals surface area contributed by atoms with E-state index < -0.39 is 0 Å². The molecule has 3 heterocycles. The maximum absolute atomic E-state index is 4.98. The van der Waals surface area contributed by atoms with Crippen molar-refractivity contribution in [3.63, 3.8) is 0 Å². The largest absolute Gasteiger partial charge is 0.309 e. The molecule has 13 rings (SSSR count). The fourth-order valence-electron chi connectivity index (χ4n) is 10.4. The Hall–Kier alpha value is -8.14. The first-order valence-corrected chi connectivity index (χ1v) is 21.0. The van der Waals surface area contributed by atoms with Crippen molar-refractivity contribution in [2.45, 2.75) is 0 Å². The lowest BCUT2D eigenvalue weighted by Gasteiger charge is -2.33. The highest BCUT2D eigenvalue weighted by Gasteiger charge is 2.35. The van der Waals surface area contributed by atoms with Crippen LogP contribution in [0.1, 0.15) is 11.1 Å². The number of hydrogen-bond donors (Lipinski definition) is 0. The molecule has 0 amide bonds. The molecular formula is C58H37N3. The van der Waals surface area contributed by atoms with Gasteiger partial charge in [-0.3, -0.25) is 0 Å². The van der Waals surface area contributed by atoms with Gasteiger partial charge >= 0.3 is 0 Å². The van der Waals surface area contributed by atoms with Gasteiger partial charge in [-0.1, -0.05) is 158 Å². The molecule has 3 heteroatoms. The topological polar surface area (TPSA) is 13.1 Å². The summed E-state index contributed by atoms with van der Waals surface area (Å²) in [7, 11) is 0. The molecule has 0 spiro atoms. The molecule has 2 aromatic heterocycles. The van der Waals surface area contributed by atoms with Gasteiger partial charge in [0.25, 0.3) is 0 Å². The van der Waals surface area contributed by atoms with Gasteiger partial charge in [0.05, 0.1) is 33.6 Å². The summed E-state index contributed by atoms with van der Waals surface area (Å²) in [6.45, 7) is 4.98. The highest BCUT2D eigenvalue weighted by atomic mass is 15.2. The van der Waals surface area contributed by atoms with E-state index in [-0.39, 0.29) is 0 Å². The lowest BCUT2D eigenvalue weighted by Crippen LogP contribution is -2.16. The van der Waals surface area contributed by atoms with Crippen molar-refractivity contribution in [2.24, 2.45) is 0 Å². The van der Waals surface area contributed by atoms with Crippen LogP contribution in [0.3, 0.4) is 0 Å². The van der Waals surface area contributed by atoms with Gasteiger partial charge in [-0.05, 0) is 105 Å². The van der Waals surface area contributed by atoms with E-state index in [1.54, 1.807) is 0 Å². The number of hydrogen-bond acceptors (Lipinski definition) is 1. The summed E-state index contributed by atoms with van der Waals surface area (Å²) in [6.07, 6.45) is 0. The minimum Gasteiger partial charge on any atom is -0.309 e. The minimum atomic E-state index is 1.04. The lowest BCUT2D eigenvalue weighted by molar-refractivity contribution is 1.12. The molecule has 0 unspecified atom stereocenters. The van der Waals surface area contributed by atoms with Crippen LogP contribution in [-0.2, 0) is 0 Å². The number of rotatable bonds is 4. The number of para-hydroxylation sites is 4. The quantitative estimate of drug-likeness (QED) is 0.174. The van der Waals surface area contributed by atoms with E-state index in [1.807, 2.05) is 0 Å². The summed E-state index contributed by atoms with van der Waals surface area (Å²) in [5, 5.41) is 3.72. The fourth-order valence-corrected chi connectivity index (χ4v) is 10.4. The molecule has 0 N–H and O–H groups in total. The van der Waals surface area contributed by atoms with E-state index in [1.165, 1.54) is 66.1 Å². The van der Waals surface area contributed by atoms with Crippen LogP contribution in [0.2, 0.25) is 0 Å². The monoisotopic (exact) mass is 775 g/mol. The van der Waals surface area contributed by atoms with E-state index in [9.17, 15) is 0 Å². The first kappa shape index (κ1) is 33.8. The minimum absolute atomic E-state index is 1.04. The summed E-state index contributed by atoms with van der Waals surface area (Å²) in [5.41, 5.74) is 22.1.